The van der Waals surface area contributed by atoms with Gasteiger partial charge in [-0.05, 0) is 37.1 Å². The largest absolute Gasteiger partial charge is 0.461 e. The van der Waals surface area contributed by atoms with E-state index in [0.717, 1.165) is 0 Å². The maximum Gasteiger partial charge on any atom is 0.338 e. The summed E-state index contributed by atoms with van der Waals surface area (Å²) >= 11 is 0. The maximum atomic E-state index is 15.0. The number of esters is 3. The number of hydrogen-bond acceptors (Lipinski definition) is 10. The summed E-state index contributed by atoms with van der Waals surface area (Å²) in [5, 5.41) is 24.3. The minimum Gasteiger partial charge on any atom is -0.461 e. The van der Waals surface area contributed by atoms with Gasteiger partial charge in [0.15, 0.2) is 5.60 Å². The number of carbonyl (C=O) groups excluding carboxylic acids is 4. The molecule has 0 amide bonds. The van der Waals surface area contributed by atoms with Crippen molar-refractivity contribution in [2.75, 3.05) is 6.61 Å². The average Bonchev–Trinajstić information content (AvgIpc) is 2.94. The molecule has 2 bridgehead atoms. The van der Waals surface area contributed by atoms with Crippen LogP contribution in [0.4, 0.5) is 0 Å². The molecule has 1 aromatic rings. The van der Waals surface area contributed by atoms with E-state index in [1.165, 1.54) is 6.92 Å². The third-order valence-electron chi connectivity index (χ3n) is 10.8. The second kappa shape index (κ2) is 10.5. The second-order valence-corrected chi connectivity index (χ2v) is 13.3. The summed E-state index contributed by atoms with van der Waals surface area (Å²) < 4.78 is 24.2. The van der Waals surface area contributed by atoms with E-state index in [4.69, 9.17) is 18.9 Å². The lowest BCUT2D eigenvalue weighted by Gasteiger charge is -2.67. The predicted octanol–water partition coefficient (Wildman–Crippen LogP) is 3.32. The third kappa shape index (κ3) is 4.39. The number of Topliss-reactive ketones (excluding diaryl/α,β-unsaturated/α-hetero) is 1. The molecule has 234 valence electrons. The van der Waals surface area contributed by atoms with Crippen molar-refractivity contribution in [1.29, 1.82) is 0 Å². The van der Waals surface area contributed by atoms with Crippen LogP contribution in [0.1, 0.15) is 78.1 Å². The van der Waals surface area contributed by atoms with Gasteiger partial charge in [0.05, 0.1) is 29.6 Å². The molecule has 43 heavy (non-hydrogen) atoms. The molecule has 0 radical (unpaired) electrons. The van der Waals surface area contributed by atoms with Crippen LogP contribution in [-0.2, 0) is 33.3 Å². The molecule has 10 heteroatoms. The Morgan fingerprint density at radius 3 is 2.30 bits per heavy atom. The Kier molecular flexibility index (Phi) is 7.67. The van der Waals surface area contributed by atoms with E-state index >= 15 is 0 Å². The van der Waals surface area contributed by atoms with Crippen LogP contribution >= 0.6 is 0 Å². The van der Waals surface area contributed by atoms with Crippen molar-refractivity contribution in [3.63, 3.8) is 0 Å². The van der Waals surface area contributed by atoms with E-state index in [1.54, 1.807) is 71.9 Å². The average molecular weight is 599 g/mol. The Hall–Kier alpha value is -3.08. The smallest absolute Gasteiger partial charge is 0.338 e. The first kappa shape index (κ1) is 31.3. The van der Waals surface area contributed by atoms with Gasteiger partial charge in [-0.3, -0.25) is 14.4 Å². The van der Waals surface area contributed by atoms with Gasteiger partial charge in [0.2, 0.25) is 0 Å². The number of aliphatic hydroxyl groups excluding tert-OH is 1. The Balaban J connectivity index is 1.83. The molecule has 1 aliphatic heterocycles. The van der Waals surface area contributed by atoms with Gasteiger partial charge in [0.25, 0.3) is 0 Å². The number of rotatable bonds is 5. The van der Waals surface area contributed by atoms with Gasteiger partial charge in [0, 0.05) is 37.5 Å². The molecule has 0 aromatic heterocycles. The summed E-state index contributed by atoms with van der Waals surface area (Å²) in [6, 6.07) is 8.24. The fourth-order valence-corrected chi connectivity index (χ4v) is 8.55. The molecular weight excluding hydrogens is 556 g/mol. The summed E-state index contributed by atoms with van der Waals surface area (Å²) in [5.41, 5.74) is -4.91. The first-order valence-corrected chi connectivity index (χ1v) is 15.0. The van der Waals surface area contributed by atoms with Crippen molar-refractivity contribution in [1.82, 2.24) is 0 Å². The van der Waals surface area contributed by atoms with E-state index in [-0.39, 0.29) is 37.2 Å². The molecule has 1 saturated heterocycles. The van der Waals surface area contributed by atoms with Crippen LogP contribution in [0.25, 0.3) is 0 Å². The van der Waals surface area contributed by atoms with Crippen LogP contribution in [0.5, 0.6) is 0 Å². The quantitative estimate of drug-likeness (QED) is 0.294. The lowest BCUT2D eigenvalue weighted by molar-refractivity contribution is -0.346. The molecule has 5 rings (SSSR count). The molecule has 3 fully saturated rings. The predicted molar refractivity (Wildman–Crippen MR) is 152 cm³/mol. The number of ether oxygens (including phenoxy) is 4. The van der Waals surface area contributed by atoms with Crippen LogP contribution in [0.3, 0.4) is 0 Å². The summed E-state index contributed by atoms with van der Waals surface area (Å²) in [6.07, 6.45) is -4.57. The van der Waals surface area contributed by atoms with Crippen LogP contribution in [0.2, 0.25) is 0 Å². The second-order valence-electron chi connectivity index (χ2n) is 13.3. The fraction of sp³-hybridized carbons (Fsp3) is 0.636. The lowest BCUT2D eigenvalue weighted by Crippen LogP contribution is -2.81. The van der Waals surface area contributed by atoms with Crippen molar-refractivity contribution in [2.24, 2.45) is 22.7 Å². The summed E-state index contributed by atoms with van der Waals surface area (Å²) in [7, 11) is 0. The van der Waals surface area contributed by atoms with Crippen molar-refractivity contribution in [3.05, 3.63) is 47.0 Å². The molecule has 10 nitrogen and oxygen atoms in total. The molecule has 3 aliphatic carbocycles. The summed E-state index contributed by atoms with van der Waals surface area (Å²) in [4.78, 5) is 54.2. The molecule has 4 aliphatic rings. The van der Waals surface area contributed by atoms with Gasteiger partial charge in [-0.15, -0.1) is 0 Å². The number of benzene rings is 1. The van der Waals surface area contributed by atoms with E-state index in [2.05, 4.69) is 0 Å². The fourth-order valence-electron chi connectivity index (χ4n) is 8.55. The summed E-state index contributed by atoms with van der Waals surface area (Å²) in [6.45, 7) is 11.4. The minimum atomic E-state index is -1.95. The minimum absolute atomic E-state index is 0.0570. The van der Waals surface area contributed by atoms with Crippen LogP contribution < -0.4 is 0 Å². The molecule has 2 N–H and O–H groups in total. The Bertz CT molecular complexity index is 1370. The SMILES string of the molecule is CCC(=O)O[C@H]1C[C@H]2OC[C@@]2(OC(C)=O)C2C(OC(=O)c3ccccc3)[C@]3(O)C[C@H](O)C(C)=C([C@@H](C)C(=O)[C@@]21C)C3(C)C. The van der Waals surface area contributed by atoms with E-state index in [1.807, 2.05) is 0 Å². The van der Waals surface area contributed by atoms with Gasteiger partial charge in [0.1, 0.15) is 29.7 Å². The molecule has 1 heterocycles. The highest BCUT2D eigenvalue weighted by atomic mass is 16.6. The molecule has 0 spiro atoms. The number of ketones is 1. The van der Waals surface area contributed by atoms with E-state index < -0.39 is 76.2 Å². The molecule has 2 unspecified atom stereocenters. The van der Waals surface area contributed by atoms with Crippen LogP contribution in [0, 0.1) is 22.7 Å². The number of fused-ring (bicyclic) bond motifs is 5. The van der Waals surface area contributed by atoms with Crippen molar-refractivity contribution in [3.8, 4) is 0 Å². The lowest BCUT2D eigenvalue weighted by atomic mass is 9.43. The number of carbonyl (C=O) groups is 4. The number of hydrogen-bond donors (Lipinski definition) is 2. The van der Waals surface area contributed by atoms with Crippen molar-refractivity contribution >= 4 is 23.7 Å². The standard InChI is InChI=1S/C33H42O10/c1-8-24(36)41-22-14-23-32(16-40-23,43-19(4)34)26-28(42-29(38)20-12-10-9-11-13-20)33(39)15-21(35)17(2)25(30(33,5)6)18(3)27(37)31(22,26)7/h9-13,18,21-23,26,28,35,39H,8,14-16H2,1-7H3/t18-,21+,22+,23-,26?,28?,31-,32+,33-/m1/s1. The van der Waals surface area contributed by atoms with Gasteiger partial charge in [-0.1, -0.05) is 45.9 Å². The van der Waals surface area contributed by atoms with Crippen molar-refractivity contribution < 1.29 is 48.3 Å². The van der Waals surface area contributed by atoms with Gasteiger partial charge >= 0.3 is 17.9 Å². The first-order valence-electron chi connectivity index (χ1n) is 15.0. The van der Waals surface area contributed by atoms with E-state index in [0.29, 0.717) is 11.1 Å². The van der Waals surface area contributed by atoms with Crippen LogP contribution in [0.15, 0.2) is 41.5 Å². The van der Waals surface area contributed by atoms with Gasteiger partial charge in [-0.2, -0.15) is 0 Å². The Morgan fingerprint density at radius 2 is 1.74 bits per heavy atom. The van der Waals surface area contributed by atoms with Gasteiger partial charge < -0.3 is 29.2 Å². The highest BCUT2D eigenvalue weighted by molar-refractivity contribution is 5.92. The third-order valence-corrected chi connectivity index (χ3v) is 10.8. The first-order chi connectivity index (χ1) is 20.1. The van der Waals surface area contributed by atoms with Crippen LogP contribution in [-0.4, -0.2) is 76.1 Å². The zero-order valence-electron chi connectivity index (χ0n) is 25.8. The van der Waals surface area contributed by atoms with Gasteiger partial charge in [-0.25, -0.2) is 4.79 Å². The molecular formula is C33H42O10. The zero-order valence-corrected chi connectivity index (χ0v) is 25.8. The van der Waals surface area contributed by atoms with E-state index in [9.17, 15) is 29.4 Å². The topological polar surface area (TPSA) is 146 Å². The summed E-state index contributed by atoms with van der Waals surface area (Å²) in [5.74, 6) is -4.29. The highest BCUT2D eigenvalue weighted by Crippen LogP contribution is 2.65. The monoisotopic (exact) mass is 598 g/mol. The van der Waals surface area contributed by atoms with Crippen molar-refractivity contribution in [2.45, 2.75) is 103 Å². The Morgan fingerprint density at radius 1 is 1.09 bits per heavy atom. The molecule has 1 aromatic carbocycles. The highest BCUT2D eigenvalue weighted by Gasteiger charge is 2.78. The maximum absolute atomic E-state index is 15.0. The number of aliphatic hydroxyl groups is 2. The Labute approximate surface area is 251 Å². The normalized spacial score (nSPS) is 39.7. The zero-order chi connectivity index (χ0) is 31.7. The molecule has 2 saturated carbocycles. The molecule has 9 atom stereocenters.